The summed E-state index contributed by atoms with van der Waals surface area (Å²) in [4.78, 5) is 0. The van der Waals surface area contributed by atoms with Crippen molar-refractivity contribution in [2.45, 2.75) is 18.9 Å². The third kappa shape index (κ3) is 3.60. The van der Waals surface area contributed by atoms with Gasteiger partial charge in [0.15, 0.2) is 0 Å². The Hall–Kier alpha value is -0.790. The van der Waals surface area contributed by atoms with Gasteiger partial charge in [-0.2, -0.15) is 0 Å². The van der Waals surface area contributed by atoms with Gasteiger partial charge >= 0.3 is 0 Å². The molecule has 2 N–H and O–H groups in total. The zero-order chi connectivity index (χ0) is 13.2. The van der Waals surface area contributed by atoms with Crippen LogP contribution in [0.25, 0.3) is 0 Å². The van der Waals surface area contributed by atoms with Crippen LogP contribution < -0.4 is 4.72 Å². The molecule has 1 aromatic carbocycles. The van der Waals surface area contributed by atoms with Gasteiger partial charge in [-0.05, 0) is 47.0 Å². The first-order valence-corrected chi connectivity index (χ1v) is 8.01. The average molecular weight is 336 g/mol. The summed E-state index contributed by atoms with van der Waals surface area (Å²) < 4.78 is 32.1. The fourth-order valence-electron chi connectivity index (χ4n) is 1.82. The minimum Gasteiger partial charge on any atom is -0.508 e. The summed E-state index contributed by atoms with van der Waals surface area (Å²) in [6.07, 6.45) is 1.46. The van der Waals surface area contributed by atoms with Crippen molar-refractivity contribution in [3.63, 3.8) is 0 Å². The predicted molar refractivity (Wildman–Crippen MR) is 72.2 cm³/mol. The molecular weight excluding hydrogens is 322 g/mol. The van der Waals surface area contributed by atoms with Crippen molar-refractivity contribution >= 4 is 31.6 Å². The quantitative estimate of drug-likeness (QED) is 0.826. The Bertz CT molecular complexity index is 526. The van der Waals surface area contributed by atoms with Crippen molar-refractivity contribution in [1.82, 2.24) is 0 Å². The number of rotatable bonds is 4. The highest BCUT2D eigenvalue weighted by atomic mass is 79.9. The molecule has 0 spiro atoms. The lowest BCUT2D eigenvalue weighted by Crippen LogP contribution is -2.25. The third-order valence-corrected chi connectivity index (χ3v) is 4.65. The molecule has 18 heavy (non-hydrogen) atoms. The van der Waals surface area contributed by atoms with Crippen molar-refractivity contribution in [1.29, 1.82) is 0 Å². The van der Waals surface area contributed by atoms with Gasteiger partial charge in [-0.15, -0.1) is 0 Å². The Morgan fingerprint density at radius 3 is 2.89 bits per heavy atom. The van der Waals surface area contributed by atoms with Crippen LogP contribution in [0.5, 0.6) is 5.75 Å². The lowest BCUT2D eigenvalue weighted by molar-refractivity contribution is 0.127. The van der Waals surface area contributed by atoms with Gasteiger partial charge in [0.05, 0.1) is 17.5 Å². The summed E-state index contributed by atoms with van der Waals surface area (Å²) >= 11 is 3.19. The smallest absolute Gasteiger partial charge is 0.235 e. The molecule has 1 unspecified atom stereocenters. The molecule has 1 saturated heterocycles. The number of phenolic OH excluding ortho intramolecular Hbond substituents is 1. The summed E-state index contributed by atoms with van der Waals surface area (Å²) in [5, 5.41) is 9.24. The van der Waals surface area contributed by atoms with Crippen LogP contribution in [0.1, 0.15) is 12.8 Å². The molecule has 0 aliphatic carbocycles. The van der Waals surface area contributed by atoms with E-state index in [0.717, 1.165) is 12.8 Å². The van der Waals surface area contributed by atoms with Gasteiger partial charge in [0.2, 0.25) is 10.0 Å². The molecule has 1 heterocycles. The first-order valence-electron chi connectivity index (χ1n) is 5.57. The van der Waals surface area contributed by atoms with Crippen LogP contribution in [0.15, 0.2) is 22.7 Å². The second kappa shape index (κ2) is 5.46. The maximum atomic E-state index is 11.9. The van der Waals surface area contributed by atoms with E-state index in [1.165, 1.54) is 18.2 Å². The summed E-state index contributed by atoms with van der Waals surface area (Å²) in [7, 11) is -3.44. The van der Waals surface area contributed by atoms with Gasteiger partial charge in [-0.25, -0.2) is 8.42 Å². The van der Waals surface area contributed by atoms with Gasteiger partial charge < -0.3 is 9.84 Å². The molecule has 1 aliphatic rings. The van der Waals surface area contributed by atoms with Crippen LogP contribution in [0.2, 0.25) is 0 Å². The number of hydrogen-bond donors (Lipinski definition) is 2. The molecule has 1 aromatic rings. The number of sulfonamides is 1. The number of nitrogens with one attached hydrogen (secondary N) is 1. The Balaban J connectivity index is 2.07. The van der Waals surface area contributed by atoms with E-state index in [1.54, 1.807) is 0 Å². The van der Waals surface area contributed by atoms with E-state index in [4.69, 9.17) is 4.74 Å². The lowest BCUT2D eigenvalue weighted by atomic mass is 10.3. The minimum absolute atomic E-state index is 0.0414. The highest BCUT2D eigenvalue weighted by Crippen LogP contribution is 2.27. The molecule has 100 valence electrons. The molecule has 2 rings (SSSR count). The fraction of sp³-hybridized carbons (Fsp3) is 0.455. The van der Waals surface area contributed by atoms with E-state index in [9.17, 15) is 13.5 Å². The highest BCUT2D eigenvalue weighted by molar-refractivity contribution is 9.10. The molecule has 0 saturated carbocycles. The van der Waals surface area contributed by atoms with Crippen molar-refractivity contribution in [3.8, 4) is 5.75 Å². The lowest BCUT2D eigenvalue weighted by Gasteiger charge is -2.13. The molecular formula is C11H14BrNO4S. The SMILES string of the molecule is O=S(=O)(CC1CCCO1)Nc1ccc(O)cc1Br. The molecule has 7 heteroatoms. The Labute approximate surface area is 114 Å². The largest absolute Gasteiger partial charge is 0.508 e. The maximum absolute atomic E-state index is 11.9. The molecule has 0 amide bonds. The van der Waals surface area contributed by atoms with Crippen LogP contribution in [0.3, 0.4) is 0 Å². The number of aromatic hydroxyl groups is 1. The van der Waals surface area contributed by atoms with Gasteiger partial charge in [-0.1, -0.05) is 0 Å². The van der Waals surface area contributed by atoms with E-state index in [0.29, 0.717) is 16.8 Å². The van der Waals surface area contributed by atoms with Gasteiger partial charge in [0.1, 0.15) is 5.75 Å². The second-order valence-corrected chi connectivity index (χ2v) is 6.80. The van der Waals surface area contributed by atoms with Crippen LogP contribution in [0.4, 0.5) is 5.69 Å². The zero-order valence-electron chi connectivity index (χ0n) is 9.60. The third-order valence-electron chi connectivity index (χ3n) is 2.65. The Morgan fingerprint density at radius 1 is 1.50 bits per heavy atom. The average Bonchev–Trinajstić information content (AvgIpc) is 2.74. The topological polar surface area (TPSA) is 75.6 Å². The summed E-state index contributed by atoms with van der Waals surface area (Å²) in [5.41, 5.74) is 0.408. The van der Waals surface area contributed by atoms with E-state index in [1.807, 2.05) is 0 Å². The Morgan fingerprint density at radius 2 is 2.28 bits per heavy atom. The molecule has 0 aromatic heterocycles. The van der Waals surface area contributed by atoms with Gasteiger partial charge in [0.25, 0.3) is 0 Å². The number of benzene rings is 1. The highest BCUT2D eigenvalue weighted by Gasteiger charge is 2.23. The van der Waals surface area contributed by atoms with Crippen molar-refractivity contribution in [2.75, 3.05) is 17.1 Å². The van der Waals surface area contributed by atoms with E-state index in [2.05, 4.69) is 20.7 Å². The normalized spacial score (nSPS) is 19.9. The monoisotopic (exact) mass is 335 g/mol. The summed E-state index contributed by atoms with van der Waals surface area (Å²) in [6, 6.07) is 4.37. The number of phenols is 1. The molecule has 0 radical (unpaired) electrons. The summed E-state index contributed by atoms with van der Waals surface area (Å²) in [6.45, 7) is 0.628. The minimum atomic E-state index is -3.44. The number of anilines is 1. The van der Waals surface area contributed by atoms with Crippen LogP contribution in [-0.4, -0.2) is 32.0 Å². The van der Waals surface area contributed by atoms with Crippen LogP contribution in [0, 0.1) is 0 Å². The molecule has 1 atom stereocenters. The van der Waals surface area contributed by atoms with Gasteiger partial charge in [-0.3, -0.25) is 4.72 Å². The van der Waals surface area contributed by atoms with Crippen molar-refractivity contribution in [2.24, 2.45) is 0 Å². The van der Waals surface area contributed by atoms with E-state index >= 15 is 0 Å². The van der Waals surface area contributed by atoms with Crippen LogP contribution in [-0.2, 0) is 14.8 Å². The second-order valence-electron chi connectivity index (χ2n) is 4.18. The number of halogens is 1. The molecule has 0 bridgehead atoms. The van der Waals surface area contributed by atoms with Crippen LogP contribution >= 0.6 is 15.9 Å². The first-order chi connectivity index (χ1) is 8.46. The molecule has 1 aliphatic heterocycles. The molecule has 5 nitrogen and oxygen atoms in total. The van der Waals surface area contributed by atoms with Crippen molar-refractivity contribution < 1.29 is 18.3 Å². The maximum Gasteiger partial charge on any atom is 0.235 e. The summed E-state index contributed by atoms with van der Waals surface area (Å²) in [5.74, 6) is 0.0317. The predicted octanol–water partition coefficient (Wildman–Crippen LogP) is 2.08. The van der Waals surface area contributed by atoms with E-state index in [-0.39, 0.29) is 17.6 Å². The van der Waals surface area contributed by atoms with E-state index < -0.39 is 10.0 Å². The first kappa shape index (κ1) is 13.6. The number of hydrogen-bond acceptors (Lipinski definition) is 4. The molecule has 1 fully saturated rings. The standard InChI is InChI=1S/C11H14BrNO4S/c12-10-6-8(14)3-4-11(10)13-18(15,16)7-9-2-1-5-17-9/h3-4,6,9,13-14H,1-2,5,7H2. The fourth-order valence-corrected chi connectivity index (χ4v) is 3.76. The van der Waals surface area contributed by atoms with Gasteiger partial charge in [0, 0.05) is 11.1 Å². The number of ether oxygens (including phenoxy) is 1. The van der Waals surface area contributed by atoms with Crippen molar-refractivity contribution in [3.05, 3.63) is 22.7 Å². The Kier molecular flexibility index (Phi) is 4.14. The zero-order valence-corrected chi connectivity index (χ0v) is 12.0.